The van der Waals surface area contributed by atoms with Gasteiger partial charge in [-0.05, 0) is 65.1 Å². The number of hydrogen-bond acceptors (Lipinski definition) is 4. The lowest BCUT2D eigenvalue weighted by molar-refractivity contribution is -0.162. The lowest BCUT2D eigenvalue weighted by atomic mass is 9.95. The molecule has 0 aromatic heterocycles. The monoisotopic (exact) mass is 382 g/mol. The van der Waals surface area contributed by atoms with E-state index in [0.717, 1.165) is 12.8 Å². The van der Waals surface area contributed by atoms with Crippen LogP contribution in [0.25, 0.3) is 0 Å². The third-order valence-corrected chi connectivity index (χ3v) is 9.87. The molecule has 0 N–H and O–H groups in total. The Hall–Kier alpha value is -0.943. The Kier molecular flexibility index (Phi) is 7.45. The number of ketones is 1. The molecule has 0 fully saturated rings. The largest absolute Gasteiger partial charge is 0.459 e. The summed E-state index contributed by atoms with van der Waals surface area (Å²) in [5.41, 5.74) is 0.614. The highest BCUT2D eigenvalue weighted by Crippen LogP contribution is 2.38. The number of carbonyl (C=O) groups excluding carboxylic acids is 2. The fraction of sp³-hybridized carbons (Fsp3) is 0.810. The van der Waals surface area contributed by atoms with Crippen LogP contribution in [0.3, 0.4) is 0 Å². The zero-order chi connectivity index (χ0) is 20.3. The van der Waals surface area contributed by atoms with Crippen molar-refractivity contribution in [3.63, 3.8) is 0 Å². The summed E-state index contributed by atoms with van der Waals surface area (Å²) in [6.07, 6.45) is 4.31. The summed E-state index contributed by atoms with van der Waals surface area (Å²) in [6, 6.07) is 0. The van der Waals surface area contributed by atoms with Crippen LogP contribution >= 0.6 is 0 Å². The fourth-order valence-corrected chi connectivity index (χ4v) is 4.09. The van der Waals surface area contributed by atoms with Crippen LogP contribution in [0.4, 0.5) is 0 Å². The zero-order valence-electron chi connectivity index (χ0n) is 18.2. The number of allylic oxidation sites excluding steroid dienone is 2. The van der Waals surface area contributed by atoms with E-state index in [4.69, 9.17) is 9.16 Å². The fourth-order valence-electron chi connectivity index (χ4n) is 2.70. The third kappa shape index (κ3) is 6.99. The van der Waals surface area contributed by atoms with Gasteiger partial charge in [-0.2, -0.15) is 0 Å². The van der Waals surface area contributed by atoms with Gasteiger partial charge in [0.25, 0.3) is 0 Å². The first kappa shape index (κ1) is 23.1. The summed E-state index contributed by atoms with van der Waals surface area (Å²) in [5.74, 6) is -1.21. The molecule has 0 spiro atoms. The van der Waals surface area contributed by atoms with Crippen molar-refractivity contribution in [2.24, 2.45) is 5.92 Å². The third-order valence-electron chi connectivity index (χ3n) is 5.34. The Bertz CT molecular complexity index is 549. The molecule has 1 rings (SSSR count). The minimum absolute atomic E-state index is 0.0612. The smallest absolute Gasteiger partial charge is 0.317 e. The van der Waals surface area contributed by atoms with E-state index in [1.54, 1.807) is 0 Å². The second-order valence-corrected chi connectivity index (χ2v) is 14.8. The van der Waals surface area contributed by atoms with Crippen LogP contribution in [0.5, 0.6) is 0 Å². The van der Waals surface area contributed by atoms with E-state index in [9.17, 15) is 9.59 Å². The normalized spacial score (nSPS) is 25.6. The van der Waals surface area contributed by atoms with E-state index in [1.807, 2.05) is 26.8 Å². The maximum atomic E-state index is 12.9. The summed E-state index contributed by atoms with van der Waals surface area (Å²) in [4.78, 5) is 25.5. The maximum Gasteiger partial charge on any atom is 0.317 e. The van der Waals surface area contributed by atoms with Crippen LogP contribution in [0.2, 0.25) is 18.1 Å². The number of hydrogen-bond donors (Lipinski definition) is 0. The Balaban J connectivity index is 3.00. The predicted molar refractivity (Wildman–Crippen MR) is 109 cm³/mol. The first-order valence-electron chi connectivity index (χ1n) is 9.71. The molecule has 5 heteroatoms. The lowest BCUT2D eigenvalue weighted by Gasteiger charge is -2.39. The summed E-state index contributed by atoms with van der Waals surface area (Å²) in [6.45, 7) is 18.6. The van der Waals surface area contributed by atoms with E-state index >= 15 is 0 Å². The van der Waals surface area contributed by atoms with Crippen LogP contribution in [-0.4, -0.2) is 31.8 Å². The predicted octanol–water partition coefficient (Wildman–Crippen LogP) is 5.42. The summed E-state index contributed by atoms with van der Waals surface area (Å²) in [7, 11) is -1.97. The zero-order valence-corrected chi connectivity index (χ0v) is 19.2. The highest BCUT2D eigenvalue weighted by molar-refractivity contribution is 6.74. The van der Waals surface area contributed by atoms with E-state index in [0.29, 0.717) is 6.42 Å². The van der Waals surface area contributed by atoms with Crippen molar-refractivity contribution in [1.82, 2.24) is 0 Å². The molecular formula is C21H38O4Si. The van der Waals surface area contributed by atoms with Gasteiger partial charge in [0.1, 0.15) is 17.3 Å². The van der Waals surface area contributed by atoms with Gasteiger partial charge in [-0.25, -0.2) is 0 Å². The van der Waals surface area contributed by atoms with Gasteiger partial charge in [0.15, 0.2) is 8.32 Å². The molecule has 1 aliphatic carbocycles. The van der Waals surface area contributed by atoms with Gasteiger partial charge in [0, 0.05) is 6.42 Å². The van der Waals surface area contributed by atoms with E-state index in [2.05, 4.69) is 40.8 Å². The Labute approximate surface area is 160 Å². The van der Waals surface area contributed by atoms with Crippen LogP contribution < -0.4 is 0 Å². The van der Waals surface area contributed by atoms with Gasteiger partial charge in [0.2, 0.25) is 0 Å². The lowest BCUT2D eigenvalue weighted by Crippen LogP contribution is -2.45. The highest BCUT2D eigenvalue weighted by Gasteiger charge is 2.40. The SMILES string of the molecule is C/C1=C/C[C@@H](C(=O)OC(C)(C)C)C(=O)C[C@@H](O[Si](C)(C)C(C)(C)C)CC1. The number of Topliss-reactive ketones (excluding diaryl/α,β-unsaturated/α-hetero) is 1. The molecule has 0 amide bonds. The minimum Gasteiger partial charge on any atom is -0.459 e. The molecule has 150 valence electrons. The Morgan fingerprint density at radius 2 is 1.73 bits per heavy atom. The molecule has 0 unspecified atom stereocenters. The summed E-state index contributed by atoms with van der Waals surface area (Å²) >= 11 is 0. The van der Waals surface area contributed by atoms with Gasteiger partial charge in [-0.1, -0.05) is 32.4 Å². The molecule has 0 heterocycles. The van der Waals surface area contributed by atoms with Gasteiger partial charge < -0.3 is 9.16 Å². The molecule has 4 nitrogen and oxygen atoms in total. The van der Waals surface area contributed by atoms with Crippen molar-refractivity contribution in [1.29, 1.82) is 0 Å². The van der Waals surface area contributed by atoms with Crippen LogP contribution in [0.15, 0.2) is 11.6 Å². The average molecular weight is 383 g/mol. The topological polar surface area (TPSA) is 52.6 Å². The first-order valence-corrected chi connectivity index (χ1v) is 12.6. The minimum atomic E-state index is -1.97. The molecule has 0 saturated heterocycles. The van der Waals surface area contributed by atoms with Crippen molar-refractivity contribution < 1.29 is 18.8 Å². The standard InChI is InChI=1S/C21H38O4Si/c1-15-10-12-16(25-26(8,9)21(5,6)7)14-18(22)17(13-11-15)19(23)24-20(2,3)4/h11,16-17H,10,12-14H2,1-9H3/b15-11-/t16-,17+/m0/s1. The summed E-state index contributed by atoms with van der Waals surface area (Å²) in [5, 5.41) is 0.0872. The average Bonchev–Trinajstić information content (AvgIpc) is 2.46. The molecule has 2 atom stereocenters. The molecule has 0 aliphatic heterocycles. The molecule has 1 aliphatic rings. The molecular weight excluding hydrogens is 344 g/mol. The summed E-state index contributed by atoms with van der Waals surface area (Å²) < 4.78 is 12.0. The number of carbonyl (C=O) groups is 2. The highest BCUT2D eigenvalue weighted by atomic mass is 28.4. The molecule has 0 aromatic carbocycles. The van der Waals surface area contributed by atoms with Gasteiger partial charge >= 0.3 is 5.97 Å². The Morgan fingerprint density at radius 3 is 2.23 bits per heavy atom. The van der Waals surface area contributed by atoms with Crippen molar-refractivity contribution in [2.75, 3.05) is 0 Å². The van der Waals surface area contributed by atoms with E-state index < -0.39 is 25.8 Å². The van der Waals surface area contributed by atoms with Crippen molar-refractivity contribution >= 4 is 20.1 Å². The molecule has 0 bridgehead atoms. The van der Waals surface area contributed by atoms with Crippen LogP contribution in [0, 0.1) is 5.92 Å². The van der Waals surface area contributed by atoms with E-state index in [1.165, 1.54) is 5.57 Å². The number of esters is 1. The van der Waals surface area contributed by atoms with Gasteiger partial charge in [0.05, 0.1) is 6.10 Å². The molecule has 26 heavy (non-hydrogen) atoms. The quantitative estimate of drug-likeness (QED) is 0.283. The first-order chi connectivity index (χ1) is 11.6. The maximum absolute atomic E-state index is 12.9. The molecule has 0 radical (unpaired) electrons. The van der Waals surface area contributed by atoms with Crippen molar-refractivity contribution in [2.45, 2.75) is 104 Å². The van der Waals surface area contributed by atoms with Crippen LogP contribution in [0.1, 0.15) is 74.1 Å². The second kappa shape index (κ2) is 8.38. The second-order valence-electron chi connectivity index (χ2n) is 10.1. The van der Waals surface area contributed by atoms with Crippen molar-refractivity contribution in [3.05, 3.63) is 11.6 Å². The number of rotatable bonds is 3. The number of ether oxygens (including phenoxy) is 1. The van der Waals surface area contributed by atoms with Crippen molar-refractivity contribution in [3.8, 4) is 0 Å². The Morgan fingerprint density at radius 1 is 1.15 bits per heavy atom. The molecule has 0 aromatic rings. The molecule has 0 saturated carbocycles. The van der Waals surface area contributed by atoms with Gasteiger partial charge in [-0.15, -0.1) is 0 Å². The van der Waals surface area contributed by atoms with Crippen LogP contribution in [-0.2, 0) is 18.8 Å². The van der Waals surface area contributed by atoms with Gasteiger partial charge in [-0.3, -0.25) is 9.59 Å². The van der Waals surface area contributed by atoms with E-state index in [-0.39, 0.29) is 23.3 Å².